The van der Waals surface area contributed by atoms with Crippen LogP contribution in [-0.2, 0) is 6.54 Å². The molecule has 23 heavy (non-hydrogen) atoms. The van der Waals surface area contributed by atoms with Crippen LogP contribution in [0.1, 0.15) is 15.9 Å². The number of benzene rings is 2. The Morgan fingerprint density at radius 3 is 2.30 bits per heavy atom. The molecule has 1 aliphatic rings. The summed E-state index contributed by atoms with van der Waals surface area (Å²) in [5, 5.41) is 0. The van der Waals surface area contributed by atoms with Crippen molar-refractivity contribution in [1.82, 2.24) is 9.80 Å². The molecule has 1 fully saturated rings. The zero-order valence-electron chi connectivity index (χ0n) is 12.7. The molecule has 0 unspecified atom stereocenters. The molecule has 0 saturated carbocycles. The summed E-state index contributed by atoms with van der Waals surface area (Å²) < 4.78 is 13.8. The summed E-state index contributed by atoms with van der Waals surface area (Å²) in [5.41, 5.74) is 1.80. The maximum atomic E-state index is 12.9. The third kappa shape index (κ3) is 3.98. The van der Waals surface area contributed by atoms with Gasteiger partial charge in [0.1, 0.15) is 5.82 Å². The van der Waals surface area contributed by atoms with Gasteiger partial charge in [-0.25, -0.2) is 4.39 Å². The Labute approximate surface area is 143 Å². The number of nitrogens with zero attached hydrogens (tertiary/aromatic N) is 2. The van der Waals surface area contributed by atoms with Crippen molar-refractivity contribution < 1.29 is 9.18 Å². The van der Waals surface area contributed by atoms with Crippen LogP contribution in [0.2, 0.25) is 0 Å². The van der Waals surface area contributed by atoms with Gasteiger partial charge in [-0.2, -0.15) is 0 Å². The molecule has 0 radical (unpaired) electrons. The first-order valence-corrected chi connectivity index (χ1v) is 8.43. The Hall–Kier alpha value is -1.72. The zero-order chi connectivity index (χ0) is 16.2. The molecule has 2 aromatic rings. The second-order valence-corrected chi connectivity index (χ2v) is 6.53. The lowest BCUT2D eigenvalue weighted by Gasteiger charge is -2.35. The van der Waals surface area contributed by atoms with Crippen LogP contribution in [0.4, 0.5) is 4.39 Å². The van der Waals surface area contributed by atoms with E-state index in [2.05, 4.69) is 20.8 Å². The third-order valence-corrected chi connectivity index (χ3v) is 4.77. The van der Waals surface area contributed by atoms with Crippen molar-refractivity contribution in [3.8, 4) is 0 Å². The number of rotatable bonds is 3. The van der Waals surface area contributed by atoms with E-state index in [1.54, 1.807) is 0 Å². The van der Waals surface area contributed by atoms with Gasteiger partial charge in [-0.1, -0.05) is 24.3 Å². The van der Waals surface area contributed by atoms with E-state index >= 15 is 0 Å². The summed E-state index contributed by atoms with van der Waals surface area (Å²) in [4.78, 5) is 16.7. The van der Waals surface area contributed by atoms with Crippen LogP contribution in [-0.4, -0.2) is 41.9 Å². The van der Waals surface area contributed by atoms with Crippen LogP contribution in [0, 0.1) is 5.82 Å². The Balaban J connectivity index is 1.57. The molecule has 3 rings (SSSR count). The number of hydrogen-bond donors (Lipinski definition) is 0. The van der Waals surface area contributed by atoms with E-state index in [-0.39, 0.29) is 11.7 Å². The van der Waals surface area contributed by atoms with E-state index in [1.807, 2.05) is 41.3 Å². The predicted octanol–water partition coefficient (Wildman–Crippen LogP) is 3.55. The fourth-order valence-electron chi connectivity index (χ4n) is 2.76. The highest BCUT2D eigenvalue weighted by molar-refractivity contribution is 9.10. The smallest absolute Gasteiger partial charge is 0.255 e. The van der Waals surface area contributed by atoms with Gasteiger partial charge in [-0.15, -0.1) is 0 Å². The topological polar surface area (TPSA) is 23.6 Å². The summed E-state index contributed by atoms with van der Waals surface area (Å²) in [6.07, 6.45) is 0. The molecule has 3 nitrogen and oxygen atoms in total. The van der Waals surface area contributed by atoms with Gasteiger partial charge in [0.15, 0.2) is 0 Å². The lowest BCUT2D eigenvalue weighted by Crippen LogP contribution is -2.48. The molecule has 0 bridgehead atoms. The summed E-state index contributed by atoms with van der Waals surface area (Å²) in [7, 11) is 0. The van der Waals surface area contributed by atoms with Gasteiger partial charge in [-0.05, 0) is 45.8 Å². The average Bonchev–Trinajstić information content (AvgIpc) is 2.57. The van der Waals surface area contributed by atoms with Crippen LogP contribution in [0.15, 0.2) is 53.0 Å². The summed E-state index contributed by atoms with van der Waals surface area (Å²) in [6, 6.07) is 14.1. The van der Waals surface area contributed by atoms with Crippen LogP contribution in [0.3, 0.4) is 0 Å². The van der Waals surface area contributed by atoms with Gasteiger partial charge in [-0.3, -0.25) is 9.69 Å². The van der Waals surface area contributed by atoms with E-state index in [0.29, 0.717) is 18.7 Å². The van der Waals surface area contributed by atoms with Gasteiger partial charge < -0.3 is 4.90 Å². The van der Waals surface area contributed by atoms with Crippen molar-refractivity contribution in [2.45, 2.75) is 6.54 Å². The molecule has 1 aliphatic heterocycles. The van der Waals surface area contributed by atoms with Crippen LogP contribution in [0.25, 0.3) is 0 Å². The molecular formula is C18H18BrFN2O. The number of carbonyl (C=O) groups excluding carboxylic acids is 1. The molecule has 2 aromatic carbocycles. The highest BCUT2D eigenvalue weighted by Crippen LogP contribution is 2.19. The highest BCUT2D eigenvalue weighted by Gasteiger charge is 2.23. The minimum atomic E-state index is -0.211. The Morgan fingerprint density at radius 1 is 1.00 bits per heavy atom. The third-order valence-electron chi connectivity index (χ3n) is 4.08. The minimum Gasteiger partial charge on any atom is -0.336 e. The van der Waals surface area contributed by atoms with Crippen molar-refractivity contribution in [3.05, 3.63) is 69.9 Å². The van der Waals surface area contributed by atoms with Crippen LogP contribution < -0.4 is 0 Å². The second-order valence-electron chi connectivity index (χ2n) is 5.67. The Kier molecular flexibility index (Phi) is 5.08. The first-order valence-electron chi connectivity index (χ1n) is 7.64. The van der Waals surface area contributed by atoms with Crippen LogP contribution in [0.5, 0.6) is 0 Å². The second kappa shape index (κ2) is 7.23. The SMILES string of the molecule is O=C(c1ccccc1Br)N1CCN(Cc2ccc(F)cc2)CC1. The molecule has 0 aromatic heterocycles. The molecule has 0 N–H and O–H groups in total. The van der Waals surface area contributed by atoms with Crippen molar-refractivity contribution in [3.63, 3.8) is 0 Å². The monoisotopic (exact) mass is 376 g/mol. The average molecular weight is 377 g/mol. The number of hydrogen-bond acceptors (Lipinski definition) is 2. The molecular weight excluding hydrogens is 359 g/mol. The van der Waals surface area contributed by atoms with Gasteiger partial charge in [0.05, 0.1) is 5.56 Å². The quantitative estimate of drug-likeness (QED) is 0.817. The molecule has 0 aliphatic carbocycles. The molecule has 0 spiro atoms. The fourth-order valence-corrected chi connectivity index (χ4v) is 3.22. The number of carbonyl (C=O) groups is 1. The van der Waals surface area contributed by atoms with E-state index in [9.17, 15) is 9.18 Å². The Morgan fingerprint density at radius 2 is 1.65 bits per heavy atom. The standard InChI is InChI=1S/C18H18BrFN2O/c19-17-4-2-1-3-16(17)18(23)22-11-9-21(10-12-22)13-14-5-7-15(20)8-6-14/h1-8H,9-13H2. The van der Waals surface area contributed by atoms with Crippen molar-refractivity contribution in [2.75, 3.05) is 26.2 Å². The lowest BCUT2D eigenvalue weighted by atomic mass is 10.1. The van der Waals surface area contributed by atoms with Crippen molar-refractivity contribution in [1.29, 1.82) is 0 Å². The van der Waals surface area contributed by atoms with Crippen molar-refractivity contribution >= 4 is 21.8 Å². The van der Waals surface area contributed by atoms with E-state index in [0.717, 1.165) is 29.7 Å². The molecule has 0 atom stereocenters. The van der Waals surface area contributed by atoms with Gasteiger partial charge >= 0.3 is 0 Å². The van der Waals surface area contributed by atoms with Gasteiger partial charge in [0.2, 0.25) is 0 Å². The first-order chi connectivity index (χ1) is 11.1. The van der Waals surface area contributed by atoms with Crippen LogP contribution >= 0.6 is 15.9 Å². The molecule has 1 saturated heterocycles. The molecule has 1 amide bonds. The number of piperazine rings is 1. The maximum Gasteiger partial charge on any atom is 0.255 e. The fraction of sp³-hybridized carbons (Fsp3) is 0.278. The zero-order valence-corrected chi connectivity index (χ0v) is 14.3. The van der Waals surface area contributed by atoms with Crippen molar-refractivity contribution in [2.24, 2.45) is 0 Å². The molecule has 1 heterocycles. The number of amides is 1. The largest absolute Gasteiger partial charge is 0.336 e. The highest BCUT2D eigenvalue weighted by atomic mass is 79.9. The van der Waals surface area contributed by atoms with Gasteiger partial charge in [0.25, 0.3) is 5.91 Å². The van der Waals surface area contributed by atoms with E-state index in [1.165, 1.54) is 12.1 Å². The van der Waals surface area contributed by atoms with Gasteiger partial charge in [0, 0.05) is 37.2 Å². The molecule has 5 heteroatoms. The minimum absolute atomic E-state index is 0.0684. The maximum absolute atomic E-state index is 12.9. The molecule has 120 valence electrons. The predicted molar refractivity (Wildman–Crippen MR) is 91.7 cm³/mol. The van der Waals surface area contributed by atoms with E-state index < -0.39 is 0 Å². The van der Waals surface area contributed by atoms with E-state index in [4.69, 9.17) is 0 Å². The number of halogens is 2. The summed E-state index contributed by atoms with van der Waals surface area (Å²) >= 11 is 3.44. The summed E-state index contributed by atoms with van der Waals surface area (Å²) in [5.74, 6) is -0.142. The summed E-state index contributed by atoms with van der Waals surface area (Å²) in [6.45, 7) is 3.86. The Bertz CT molecular complexity index is 682. The lowest BCUT2D eigenvalue weighted by molar-refractivity contribution is 0.0627. The first kappa shape index (κ1) is 16.1. The normalized spacial score (nSPS) is 15.7.